The molecule has 3 heteroatoms. The maximum atomic E-state index is 8.56. The number of piperidine rings is 1. The standard InChI is InChI=1S/C10H22N2O/c13-10-4-5-11-6-9-12-7-2-1-3-8-12/h11,13H,1-10H2. The highest BCUT2D eigenvalue weighted by Crippen LogP contribution is 2.06. The molecule has 0 saturated carbocycles. The van der Waals surface area contributed by atoms with Gasteiger partial charge in [0.25, 0.3) is 0 Å². The second-order valence-corrected chi connectivity index (χ2v) is 3.73. The quantitative estimate of drug-likeness (QED) is 0.591. The van der Waals surface area contributed by atoms with Crippen LogP contribution in [0.1, 0.15) is 25.7 Å². The average molecular weight is 186 g/mol. The van der Waals surface area contributed by atoms with Gasteiger partial charge in [0.1, 0.15) is 0 Å². The number of nitrogens with zero attached hydrogens (tertiary/aromatic N) is 1. The van der Waals surface area contributed by atoms with Gasteiger partial charge in [0.15, 0.2) is 0 Å². The Morgan fingerprint density at radius 3 is 2.54 bits per heavy atom. The summed E-state index contributed by atoms with van der Waals surface area (Å²) in [6.07, 6.45) is 5.03. The first kappa shape index (κ1) is 11.0. The zero-order valence-corrected chi connectivity index (χ0v) is 8.47. The maximum absolute atomic E-state index is 8.56. The molecule has 1 rings (SSSR count). The molecule has 0 radical (unpaired) electrons. The van der Waals surface area contributed by atoms with Crippen molar-refractivity contribution in [3.8, 4) is 0 Å². The highest BCUT2D eigenvalue weighted by molar-refractivity contribution is 4.65. The second kappa shape index (κ2) is 7.30. The van der Waals surface area contributed by atoms with Crippen molar-refractivity contribution in [3.05, 3.63) is 0 Å². The van der Waals surface area contributed by atoms with Crippen molar-refractivity contribution in [2.45, 2.75) is 25.7 Å². The van der Waals surface area contributed by atoms with Crippen LogP contribution in [0.4, 0.5) is 0 Å². The van der Waals surface area contributed by atoms with E-state index in [1.807, 2.05) is 0 Å². The molecule has 1 saturated heterocycles. The molecule has 2 N–H and O–H groups in total. The van der Waals surface area contributed by atoms with Gasteiger partial charge in [-0.15, -0.1) is 0 Å². The van der Waals surface area contributed by atoms with E-state index in [0.29, 0.717) is 6.61 Å². The van der Waals surface area contributed by atoms with Crippen LogP contribution in [0.5, 0.6) is 0 Å². The van der Waals surface area contributed by atoms with Gasteiger partial charge in [-0.2, -0.15) is 0 Å². The van der Waals surface area contributed by atoms with E-state index in [9.17, 15) is 0 Å². The molecule has 1 fully saturated rings. The molecule has 1 aliphatic rings. The Morgan fingerprint density at radius 1 is 1.08 bits per heavy atom. The van der Waals surface area contributed by atoms with Crippen molar-refractivity contribution in [1.29, 1.82) is 0 Å². The number of nitrogens with one attached hydrogen (secondary N) is 1. The predicted molar refractivity (Wildman–Crippen MR) is 54.9 cm³/mol. The Labute approximate surface area is 81.1 Å². The Balaban J connectivity index is 1.86. The third-order valence-corrected chi connectivity index (χ3v) is 2.57. The molecule has 13 heavy (non-hydrogen) atoms. The van der Waals surface area contributed by atoms with E-state index in [1.165, 1.54) is 38.9 Å². The maximum Gasteiger partial charge on any atom is 0.0443 e. The lowest BCUT2D eigenvalue weighted by atomic mass is 10.1. The molecule has 0 aromatic carbocycles. The van der Waals surface area contributed by atoms with Gasteiger partial charge in [-0.3, -0.25) is 0 Å². The predicted octanol–water partition coefficient (Wildman–Crippen LogP) is 0.444. The van der Waals surface area contributed by atoms with E-state index in [2.05, 4.69) is 10.2 Å². The van der Waals surface area contributed by atoms with E-state index in [0.717, 1.165) is 19.5 Å². The number of rotatable bonds is 6. The van der Waals surface area contributed by atoms with Gasteiger partial charge in [-0.1, -0.05) is 6.42 Å². The molecule has 0 unspecified atom stereocenters. The topological polar surface area (TPSA) is 35.5 Å². The molecule has 0 spiro atoms. The van der Waals surface area contributed by atoms with E-state index < -0.39 is 0 Å². The Kier molecular flexibility index (Phi) is 6.15. The van der Waals surface area contributed by atoms with Crippen LogP contribution in [-0.4, -0.2) is 49.3 Å². The van der Waals surface area contributed by atoms with Crippen LogP contribution in [0.2, 0.25) is 0 Å². The smallest absolute Gasteiger partial charge is 0.0443 e. The number of aliphatic hydroxyl groups excluding tert-OH is 1. The highest BCUT2D eigenvalue weighted by atomic mass is 16.3. The molecule has 0 atom stereocenters. The minimum atomic E-state index is 0.302. The van der Waals surface area contributed by atoms with Gasteiger partial charge in [0, 0.05) is 19.7 Å². The molecule has 0 aromatic rings. The van der Waals surface area contributed by atoms with Crippen molar-refractivity contribution < 1.29 is 5.11 Å². The van der Waals surface area contributed by atoms with Crippen LogP contribution in [0, 0.1) is 0 Å². The van der Waals surface area contributed by atoms with Gasteiger partial charge in [0.2, 0.25) is 0 Å². The lowest BCUT2D eigenvalue weighted by molar-refractivity contribution is 0.227. The molecule has 78 valence electrons. The number of aliphatic hydroxyl groups is 1. The van der Waals surface area contributed by atoms with Crippen LogP contribution in [-0.2, 0) is 0 Å². The first-order chi connectivity index (χ1) is 6.43. The molecule has 1 heterocycles. The Bertz CT molecular complexity index is 113. The fourth-order valence-corrected chi connectivity index (χ4v) is 1.75. The summed E-state index contributed by atoms with van der Waals surface area (Å²) >= 11 is 0. The summed E-state index contributed by atoms with van der Waals surface area (Å²) in [5.74, 6) is 0. The SMILES string of the molecule is OCCCNCCN1CCCCC1. The van der Waals surface area contributed by atoms with Gasteiger partial charge in [-0.25, -0.2) is 0 Å². The first-order valence-corrected chi connectivity index (χ1v) is 5.47. The van der Waals surface area contributed by atoms with Crippen LogP contribution < -0.4 is 5.32 Å². The van der Waals surface area contributed by atoms with Crippen molar-refractivity contribution in [3.63, 3.8) is 0 Å². The van der Waals surface area contributed by atoms with Crippen LogP contribution >= 0.6 is 0 Å². The lowest BCUT2D eigenvalue weighted by Crippen LogP contribution is -2.36. The highest BCUT2D eigenvalue weighted by Gasteiger charge is 2.08. The average Bonchev–Trinajstić information content (AvgIpc) is 2.19. The fraction of sp³-hybridized carbons (Fsp3) is 1.00. The summed E-state index contributed by atoms with van der Waals surface area (Å²) in [7, 11) is 0. The molecule has 1 aliphatic heterocycles. The first-order valence-electron chi connectivity index (χ1n) is 5.47. The Morgan fingerprint density at radius 2 is 1.85 bits per heavy atom. The summed E-state index contributed by atoms with van der Waals surface area (Å²) in [6, 6.07) is 0. The number of hydrogen-bond donors (Lipinski definition) is 2. The minimum Gasteiger partial charge on any atom is -0.396 e. The summed E-state index contributed by atoms with van der Waals surface area (Å²) in [5.41, 5.74) is 0. The van der Waals surface area contributed by atoms with Crippen LogP contribution in [0.3, 0.4) is 0 Å². The van der Waals surface area contributed by atoms with E-state index >= 15 is 0 Å². The van der Waals surface area contributed by atoms with E-state index in [-0.39, 0.29) is 0 Å². The summed E-state index contributed by atoms with van der Waals surface area (Å²) in [5, 5.41) is 11.9. The molecular weight excluding hydrogens is 164 g/mol. The molecule has 0 aliphatic carbocycles. The largest absolute Gasteiger partial charge is 0.396 e. The monoisotopic (exact) mass is 186 g/mol. The van der Waals surface area contributed by atoms with Gasteiger partial charge < -0.3 is 15.3 Å². The molecule has 0 aromatic heterocycles. The zero-order valence-electron chi connectivity index (χ0n) is 8.47. The summed E-state index contributed by atoms with van der Waals surface area (Å²) < 4.78 is 0. The second-order valence-electron chi connectivity index (χ2n) is 3.73. The van der Waals surface area contributed by atoms with Gasteiger partial charge in [-0.05, 0) is 38.9 Å². The van der Waals surface area contributed by atoms with Gasteiger partial charge in [0.05, 0.1) is 0 Å². The molecular formula is C10H22N2O. The van der Waals surface area contributed by atoms with Crippen molar-refractivity contribution >= 4 is 0 Å². The minimum absolute atomic E-state index is 0.302. The normalized spacial score (nSPS) is 19.2. The number of likely N-dealkylation sites (tertiary alicyclic amines) is 1. The third kappa shape index (κ3) is 5.24. The fourth-order valence-electron chi connectivity index (χ4n) is 1.75. The van der Waals surface area contributed by atoms with E-state index in [4.69, 9.17) is 5.11 Å². The molecule has 0 amide bonds. The van der Waals surface area contributed by atoms with Crippen LogP contribution in [0.15, 0.2) is 0 Å². The summed E-state index contributed by atoms with van der Waals surface area (Å²) in [4.78, 5) is 2.52. The Hall–Kier alpha value is -0.120. The van der Waals surface area contributed by atoms with Crippen molar-refractivity contribution in [1.82, 2.24) is 10.2 Å². The molecule has 0 bridgehead atoms. The zero-order chi connectivity index (χ0) is 9.36. The van der Waals surface area contributed by atoms with Gasteiger partial charge >= 0.3 is 0 Å². The van der Waals surface area contributed by atoms with E-state index in [1.54, 1.807) is 0 Å². The summed E-state index contributed by atoms with van der Waals surface area (Å²) in [6.45, 7) is 6.05. The number of hydrogen-bond acceptors (Lipinski definition) is 3. The van der Waals surface area contributed by atoms with Crippen molar-refractivity contribution in [2.75, 3.05) is 39.3 Å². The molecule has 3 nitrogen and oxygen atoms in total. The lowest BCUT2D eigenvalue weighted by Gasteiger charge is -2.26. The third-order valence-electron chi connectivity index (χ3n) is 2.57. The van der Waals surface area contributed by atoms with Crippen molar-refractivity contribution in [2.24, 2.45) is 0 Å². The van der Waals surface area contributed by atoms with Crippen LogP contribution in [0.25, 0.3) is 0 Å².